The maximum absolute atomic E-state index is 12.8. The first-order valence-corrected chi connectivity index (χ1v) is 24.0. The minimum Gasteiger partial charge on any atom is -0.477 e. The molecule has 0 aliphatic heterocycles. The van der Waals surface area contributed by atoms with Gasteiger partial charge >= 0.3 is 17.9 Å². The summed E-state index contributed by atoms with van der Waals surface area (Å²) in [4.78, 5) is 37.1. The Balaban J connectivity index is 4.38. The topological polar surface area (TPSA) is 99.1 Å². The second kappa shape index (κ2) is 42.5. The molecule has 0 fully saturated rings. The average molecular weight is 841 g/mol. The zero-order valence-electron chi connectivity index (χ0n) is 39.1. The molecule has 0 aliphatic carbocycles. The summed E-state index contributed by atoms with van der Waals surface area (Å²) in [5.74, 6) is -1.54. The third kappa shape index (κ3) is 40.2. The number of aliphatic carboxylic acids is 1. The van der Waals surface area contributed by atoms with Gasteiger partial charge in [-0.3, -0.25) is 9.59 Å². The molecule has 0 saturated heterocycles. The summed E-state index contributed by atoms with van der Waals surface area (Å²) in [6, 6.07) is -0.626. The molecule has 0 spiro atoms. The largest absolute Gasteiger partial charge is 0.477 e. The van der Waals surface area contributed by atoms with Crippen LogP contribution in [0.25, 0.3) is 0 Å². The van der Waals surface area contributed by atoms with E-state index in [0.29, 0.717) is 19.3 Å². The minimum atomic E-state index is -0.884. The highest BCUT2D eigenvalue weighted by molar-refractivity contribution is 5.72. The van der Waals surface area contributed by atoms with Gasteiger partial charge in [0.25, 0.3) is 0 Å². The lowest BCUT2D eigenvalue weighted by molar-refractivity contribution is -0.887. The van der Waals surface area contributed by atoms with Crippen molar-refractivity contribution in [2.75, 3.05) is 41.0 Å². The van der Waals surface area contributed by atoms with Crippen LogP contribution in [-0.2, 0) is 28.6 Å². The Hall–Kier alpha value is -3.23. The molecular formula is C52H90NO7+. The van der Waals surface area contributed by atoms with Gasteiger partial charge in [0.15, 0.2) is 12.1 Å². The molecule has 0 bridgehead atoms. The Morgan fingerprint density at radius 2 is 0.950 bits per heavy atom. The van der Waals surface area contributed by atoms with E-state index in [-0.39, 0.29) is 42.7 Å². The van der Waals surface area contributed by atoms with Crippen molar-refractivity contribution in [3.63, 3.8) is 0 Å². The molecule has 0 aromatic carbocycles. The van der Waals surface area contributed by atoms with Crippen LogP contribution in [0.5, 0.6) is 0 Å². The fourth-order valence-electron chi connectivity index (χ4n) is 6.65. The lowest BCUT2D eigenvalue weighted by atomic mass is 10.1. The molecule has 0 radical (unpaired) electrons. The third-order valence-corrected chi connectivity index (χ3v) is 10.3. The van der Waals surface area contributed by atoms with Crippen LogP contribution in [0.15, 0.2) is 72.9 Å². The summed E-state index contributed by atoms with van der Waals surface area (Å²) in [6.45, 7) is 4.56. The SMILES string of the molecule is CC/C=C/C/C=C/C/C=C/CCCCCCCCCCCC(=O)OC(COCCC(C(=O)O)[N+](C)(C)C)COC(=O)CCC/C=C/C/C=C/C/C=C/CCCCCCCC. The molecule has 0 saturated carbocycles. The summed E-state index contributed by atoms with van der Waals surface area (Å²) in [5, 5.41) is 9.64. The van der Waals surface area contributed by atoms with E-state index in [9.17, 15) is 19.5 Å². The van der Waals surface area contributed by atoms with Gasteiger partial charge in [0.1, 0.15) is 6.61 Å². The third-order valence-electron chi connectivity index (χ3n) is 10.3. The Kier molecular flexibility index (Phi) is 40.2. The highest BCUT2D eigenvalue weighted by Gasteiger charge is 2.31. The van der Waals surface area contributed by atoms with E-state index >= 15 is 0 Å². The van der Waals surface area contributed by atoms with Gasteiger partial charge in [-0.2, -0.15) is 0 Å². The Morgan fingerprint density at radius 3 is 1.43 bits per heavy atom. The van der Waals surface area contributed by atoms with E-state index in [4.69, 9.17) is 14.2 Å². The first-order valence-electron chi connectivity index (χ1n) is 24.0. The predicted molar refractivity (Wildman–Crippen MR) is 252 cm³/mol. The van der Waals surface area contributed by atoms with E-state index in [1.54, 1.807) is 0 Å². The van der Waals surface area contributed by atoms with Crippen LogP contribution in [0.2, 0.25) is 0 Å². The van der Waals surface area contributed by atoms with Gasteiger partial charge in [-0.15, -0.1) is 0 Å². The molecule has 60 heavy (non-hydrogen) atoms. The van der Waals surface area contributed by atoms with Gasteiger partial charge in [-0.05, 0) is 77.0 Å². The zero-order valence-corrected chi connectivity index (χ0v) is 39.1. The molecule has 8 nitrogen and oxygen atoms in total. The fourth-order valence-corrected chi connectivity index (χ4v) is 6.65. The minimum absolute atomic E-state index is 0.0402. The van der Waals surface area contributed by atoms with Crippen molar-refractivity contribution in [3.05, 3.63) is 72.9 Å². The van der Waals surface area contributed by atoms with Crippen molar-refractivity contribution in [1.29, 1.82) is 0 Å². The van der Waals surface area contributed by atoms with E-state index in [0.717, 1.165) is 64.2 Å². The average Bonchev–Trinajstić information content (AvgIpc) is 3.21. The van der Waals surface area contributed by atoms with Crippen molar-refractivity contribution in [3.8, 4) is 0 Å². The van der Waals surface area contributed by atoms with Crippen LogP contribution in [0.4, 0.5) is 0 Å². The molecule has 0 amide bonds. The van der Waals surface area contributed by atoms with Crippen LogP contribution >= 0.6 is 0 Å². The molecule has 0 aromatic heterocycles. The van der Waals surface area contributed by atoms with Gasteiger partial charge in [-0.25, -0.2) is 4.79 Å². The number of unbranched alkanes of at least 4 members (excludes halogenated alkanes) is 16. The number of hydrogen-bond donors (Lipinski definition) is 1. The maximum Gasteiger partial charge on any atom is 0.362 e. The summed E-state index contributed by atoms with van der Waals surface area (Å²) < 4.78 is 17.3. The summed E-state index contributed by atoms with van der Waals surface area (Å²) in [7, 11) is 5.51. The highest BCUT2D eigenvalue weighted by Crippen LogP contribution is 2.14. The van der Waals surface area contributed by atoms with E-state index in [2.05, 4.69) is 86.8 Å². The maximum atomic E-state index is 12.8. The molecule has 8 heteroatoms. The van der Waals surface area contributed by atoms with Crippen LogP contribution in [0, 0.1) is 0 Å². The molecule has 0 aromatic rings. The molecule has 0 aliphatic rings. The van der Waals surface area contributed by atoms with Crippen molar-refractivity contribution < 1.29 is 38.2 Å². The number of allylic oxidation sites excluding steroid dienone is 12. The second-order valence-electron chi connectivity index (χ2n) is 17.0. The Morgan fingerprint density at radius 1 is 0.517 bits per heavy atom. The number of carboxylic acids is 1. The summed E-state index contributed by atoms with van der Waals surface area (Å²) in [6.07, 6.45) is 53.8. The molecule has 2 atom stereocenters. The monoisotopic (exact) mass is 841 g/mol. The van der Waals surface area contributed by atoms with Gasteiger partial charge in [0.2, 0.25) is 0 Å². The number of carbonyl (C=O) groups excluding carboxylic acids is 2. The molecular weight excluding hydrogens is 751 g/mol. The van der Waals surface area contributed by atoms with E-state index in [1.807, 2.05) is 21.1 Å². The molecule has 344 valence electrons. The lowest BCUT2D eigenvalue weighted by Gasteiger charge is -2.31. The number of rotatable bonds is 42. The van der Waals surface area contributed by atoms with Crippen LogP contribution < -0.4 is 0 Å². The smallest absolute Gasteiger partial charge is 0.362 e. The van der Waals surface area contributed by atoms with Gasteiger partial charge in [0, 0.05) is 19.3 Å². The molecule has 0 heterocycles. The van der Waals surface area contributed by atoms with Gasteiger partial charge in [0.05, 0.1) is 34.4 Å². The van der Waals surface area contributed by atoms with Gasteiger partial charge in [-0.1, -0.05) is 164 Å². The predicted octanol–water partition coefficient (Wildman–Crippen LogP) is 13.5. The van der Waals surface area contributed by atoms with Crippen LogP contribution in [-0.4, -0.2) is 80.6 Å². The normalized spacial score (nSPS) is 13.6. The number of carbonyl (C=O) groups is 3. The first-order chi connectivity index (χ1) is 29.1. The summed E-state index contributed by atoms with van der Waals surface area (Å²) >= 11 is 0. The molecule has 0 rings (SSSR count). The number of ether oxygens (including phenoxy) is 3. The number of quaternary nitrogens is 1. The Bertz CT molecular complexity index is 1210. The first kappa shape index (κ1) is 56.8. The number of carboxylic acid groups (broad SMARTS) is 1. The Labute approximate surface area is 368 Å². The number of hydrogen-bond acceptors (Lipinski definition) is 6. The quantitative estimate of drug-likeness (QED) is 0.0283. The highest BCUT2D eigenvalue weighted by atomic mass is 16.6. The molecule has 1 N–H and O–H groups in total. The van der Waals surface area contributed by atoms with Crippen molar-refractivity contribution in [1.82, 2.24) is 0 Å². The van der Waals surface area contributed by atoms with Crippen LogP contribution in [0.1, 0.15) is 187 Å². The van der Waals surface area contributed by atoms with E-state index in [1.165, 1.54) is 83.5 Å². The number of nitrogens with zero attached hydrogens (tertiary/aromatic N) is 1. The zero-order chi connectivity index (χ0) is 44.2. The standard InChI is InChI=1S/C52H89NO7/c1-6-8-10-12-14-16-18-20-22-24-25-27-29-31-33-35-37-39-41-43-51(55)60-48(46-58-45-44-49(52(56)57)53(3,4)5)47-59-50(54)42-40-38-36-34-32-30-28-26-23-21-19-17-15-13-11-9-7-2/h8,10,14,16,20-23,28,30,34,36,48-49H,6-7,9,11-13,15,17-19,24-27,29,31-33,35,37-47H2,1-5H3/p+1/b10-8+,16-14+,22-20+,23-21+,30-28+,36-34+. The van der Waals surface area contributed by atoms with E-state index < -0.39 is 18.1 Å². The summed E-state index contributed by atoms with van der Waals surface area (Å²) in [5.41, 5.74) is 0. The number of likely N-dealkylation sites (N-methyl/N-ethyl adjacent to an activating group) is 1. The number of esters is 2. The second-order valence-corrected chi connectivity index (χ2v) is 17.0. The van der Waals surface area contributed by atoms with Crippen molar-refractivity contribution in [2.24, 2.45) is 0 Å². The van der Waals surface area contributed by atoms with Crippen molar-refractivity contribution in [2.45, 2.75) is 199 Å². The van der Waals surface area contributed by atoms with Gasteiger partial charge < -0.3 is 23.8 Å². The fraction of sp³-hybridized carbons (Fsp3) is 0.712. The van der Waals surface area contributed by atoms with Crippen LogP contribution in [0.3, 0.4) is 0 Å². The lowest BCUT2D eigenvalue weighted by Crippen LogP contribution is -2.50. The molecule has 2 unspecified atom stereocenters. The van der Waals surface area contributed by atoms with Crippen molar-refractivity contribution >= 4 is 17.9 Å².